The largest absolute Gasteiger partial charge is 0.0843 e. The van der Waals surface area contributed by atoms with Crippen molar-refractivity contribution in [3.05, 3.63) is 69.2 Å². The number of halogens is 2. The number of hydrogen-bond donors (Lipinski definition) is 0. The fourth-order valence-corrected chi connectivity index (χ4v) is 5.95. The van der Waals surface area contributed by atoms with Crippen molar-refractivity contribution in [3.8, 4) is 0 Å². The summed E-state index contributed by atoms with van der Waals surface area (Å²) in [5, 5.41) is 0.869. The smallest absolute Gasteiger partial charge is 0.0430 e. The lowest BCUT2D eigenvalue weighted by atomic mass is 9.77. The van der Waals surface area contributed by atoms with E-state index in [1.165, 1.54) is 42.4 Å². The topological polar surface area (TPSA) is 0 Å². The van der Waals surface area contributed by atoms with Crippen LogP contribution in [0.1, 0.15) is 69.8 Å². The van der Waals surface area contributed by atoms with Crippen LogP contribution in [0.5, 0.6) is 0 Å². The zero-order valence-corrected chi connectivity index (χ0v) is 16.4. The minimum atomic E-state index is 0.549. The van der Waals surface area contributed by atoms with Gasteiger partial charge in [-0.15, -0.1) is 0 Å². The SMILES string of the molecule is CC1CCCc2cc(C3CCc4cc(Cl)ccc4C3I)ccc21. The van der Waals surface area contributed by atoms with E-state index in [1.807, 2.05) is 6.07 Å². The lowest BCUT2D eigenvalue weighted by Gasteiger charge is -2.32. The quantitative estimate of drug-likeness (QED) is 0.334. The van der Waals surface area contributed by atoms with Crippen molar-refractivity contribution in [2.45, 2.75) is 54.8 Å². The molecule has 2 aliphatic carbocycles. The molecule has 2 aromatic carbocycles. The van der Waals surface area contributed by atoms with Gasteiger partial charge in [0.1, 0.15) is 0 Å². The van der Waals surface area contributed by atoms with E-state index in [2.05, 4.69) is 59.8 Å². The molecule has 0 aliphatic heterocycles. The van der Waals surface area contributed by atoms with Crippen LogP contribution in [0.15, 0.2) is 36.4 Å². The van der Waals surface area contributed by atoms with Crippen LogP contribution in [-0.4, -0.2) is 0 Å². The van der Waals surface area contributed by atoms with Crippen LogP contribution in [-0.2, 0) is 12.8 Å². The highest BCUT2D eigenvalue weighted by Gasteiger charge is 2.29. The van der Waals surface area contributed by atoms with Gasteiger partial charge in [-0.2, -0.15) is 0 Å². The Morgan fingerprint density at radius 1 is 0.957 bits per heavy atom. The molecule has 120 valence electrons. The van der Waals surface area contributed by atoms with Crippen molar-refractivity contribution < 1.29 is 0 Å². The predicted octanol–water partition coefficient (Wildman–Crippen LogP) is 6.99. The fraction of sp³-hybridized carbons (Fsp3) is 0.429. The maximum Gasteiger partial charge on any atom is 0.0430 e. The highest BCUT2D eigenvalue weighted by Crippen LogP contribution is 2.47. The Kier molecular flexibility index (Phi) is 4.44. The van der Waals surface area contributed by atoms with Crippen LogP contribution in [0.2, 0.25) is 5.02 Å². The molecule has 0 saturated carbocycles. The number of aryl methyl sites for hydroxylation is 2. The van der Waals surface area contributed by atoms with Crippen molar-refractivity contribution in [1.29, 1.82) is 0 Å². The standard InChI is InChI=1S/C21H22ClI/c1-13-3-2-4-14-11-15(5-8-18(13)14)19-9-6-16-12-17(22)7-10-20(16)21(19)23/h5,7-8,10-13,19,21H,2-4,6,9H2,1H3. The molecule has 0 heterocycles. The van der Waals surface area contributed by atoms with Crippen molar-refractivity contribution in [1.82, 2.24) is 0 Å². The number of alkyl halides is 1. The fourth-order valence-electron chi connectivity index (χ4n) is 4.38. The van der Waals surface area contributed by atoms with Crippen LogP contribution in [0.25, 0.3) is 0 Å². The molecule has 3 unspecified atom stereocenters. The summed E-state index contributed by atoms with van der Waals surface area (Å²) in [7, 11) is 0. The van der Waals surface area contributed by atoms with Gasteiger partial charge in [-0.1, -0.05) is 65.4 Å². The molecule has 0 bridgehead atoms. The monoisotopic (exact) mass is 436 g/mol. The molecule has 0 saturated heterocycles. The van der Waals surface area contributed by atoms with Gasteiger partial charge < -0.3 is 0 Å². The average molecular weight is 437 g/mol. The van der Waals surface area contributed by atoms with Crippen LogP contribution in [0.4, 0.5) is 0 Å². The second-order valence-corrected chi connectivity index (χ2v) is 8.92. The van der Waals surface area contributed by atoms with Gasteiger partial charge in [0.15, 0.2) is 0 Å². The Hall–Kier alpha value is -0.540. The molecule has 0 N–H and O–H groups in total. The number of hydrogen-bond acceptors (Lipinski definition) is 0. The summed E-state index contributed by atoms with van der Waals surface area (Å²) in [5.41, 5.74) is 7.66. The lowest BCUT2D eigenvalue weighted by molar-refractivity contribution is 0.573. The highest BCUT2D eigenvalue weighted by atomic mass is 127. The van der Waals surface area contributed by atoms with Crippen molar-refractivity contribution >= 4 is 34.2 Å². The number of fused-ring (bicyclic) bond motifs is 2. The summed E-state index contributed by atoms with van der Waals surface area (Å²) in [5.74, 6) is 1.37. The summed E-state index contributed by atoms with van der Waals surface area (Å²) in [4.78, 5) is 0. The maximum absolute atomic E-state index is 6.17. The first-order valence-electron chi connectivity index (χ1n) is 8.68. The van der Waals surface area contributed by atoms with Crippen LogP contribution in [0, 0.1) is 0 Å². The highest BCUT2D eigenvalue weighted by molar-refractivity contribution is 14.1. The molecule has 3 atom stereocenters. The van der Waals surface area contributed by atoms with E-state index in [9.17, 15) is 0 Å². The molecule has 0 aromatic heterocycles. The Bertz CT molecular complexity index is 737. The molecule has 4 rings (SSSR count). The van der Waals surface area contributed by atoms with E-state index in [1.54, 1.807) is 11.1 Å². The van der Waals surface area contributed by atoms with E-state index in [4.69, 9.17) is 11.6 Å². The van der Waals surface area contributed by atoms with E-state index < -0.39 is 0 Å². The molecule has 0 amide bonds. The van der Waals surface area contributed by atoms with Crippen LogP contribution in [0.3, 0.4) is 0 Å². The summed E-state index contributed by atoms with van der Waals surface area (Å²) in [6.45, 7) is 2.37. The zero-order valence-electron chi connectivity index (χ0n) is 13.5. The van der Waals surface area contributed by atoms with Crippen LogP contribution >= 0.6 is 34.2 Å². The zero-order chi connectivity index (χ0) is 16.0. The Labute approximate surface area is 157 Å². The van der Waals surface area contributed by atoms with E-state index >= 15 is 0 Å². The van der Waals surface area contributed by atoms with E-state index in [0.29, 0.717) is 9.84 Å². The van der Waals surface area contributed by atoms with E-state index in [0.717, 1.165) is 17.4 Å². The normalized spacial score (nSPS) is 26.5. The van der Waals surface area contributed by atoms with Gasteiger partial charge in [-0.3, -0.25) is 0 Å². The summed E-state index contributed by atoms with van der Waals surface area (Å²) in [6, 6.07) is 13.8. The molecule has 2 aliphatic rings. The van der Waals surface area contributed by atoms with Gasteiger partial charge in [0.25, 0.3) is 0 Å². The van der Waals surface area contributed by atoms with E-state index in [-0.39, 0.29) is 0 Å². The first-order valence-corrected chi connectivity index (χ1v) is 10.3. The molecular formula is C21H22ClI. The first-order chi connectivity index (χ1) is 11.1. The summed E-state index contributed by atoms with van der Waals surface area (Å²) >= 11 is 8.81. The van der Waals surface area contributed by atoms with Crippen LogP contribution < -0.4 is 0 Å². The van der Waals surface area contributed by atoms with Crippen molar-refractivity contribution in [3.63, 3.8) is 0 Å². The number of rotatable bonds is 1. The molecular weight excluding hydrogens is 415 g/mol. The van der Waals surface area contributed by atoms with Gasteiger partial charge in [0, 0.05) is 14.9 Å². The molecule has 23 heavy (non-hydrogen) atoms. The third kappa shape index (κ3) is 2.95. The minimum absolute atomic E-state index is 0.549. The second-order valence-electron chi connectivity index (χ2n) is 7.14. The summed E-state index contributed by atoms with van der Waals surface area (Å²) < 4.78 is 0.549. The maximum atomic E-state index is 6.17. The molecule has 0 spiro atoms. The van der Waals surface area contributed by atoms with Gasteiger partial charge in [0.2, 0.25) is 0 Å². The third-order valence-corrected chi connectivity index (χ3v) is 7.46. The Morgan fingerprint density at radius 3 is 2.61 bits per heavy atom. The Morgan fingerprint density at radius 2 is 1.74 bits per heavy atom. The van der Waals surface area contributed by atoms with Gasteiger partial charge in [-0.05, 0) is 78.0 Å². The molecule has 0 fully saturated rings. The average Bonchev–Trinajstić information content (AvgIpc) is 2.55. The van der Waals surface area contributed by atoms with Gasteiger partial charge in [0.05, 0.1) is 0 Å². The Balaban J connectivity index is 1.68. The van der Waals surface area contributed by atoms with Gasteiger partial charge >= 0.3 is 0 Å². The van der Waals surface area contributed by atoms with Crippen molar-refractivity contribution in [2.75, 3.05) is 0 Å². The first kappa shape index (κ1) is 16.0. The predicted molar refractivity (Wildman–Crippen MR) is 107 cm³/mol. The summed E-state index contributed by atoms with van der Waals surface area (Å²) in [6.07, 6.45) is 6.33. The molecule has 0 nitrogen and oxygen atoms in total. The third-order valence-electron chi connectivity index (χ3n) is 5.69. The molecule has 0 radical (unpaired) electrons. The van der Waals surface area contributed by atoms with Gasteiger partial charge in [-0.25, -0.2) is 0 Å². The lowest BCUT2D eigenvalue weighted by Crippen LogP contribution is -2.16. The van der Waals surface area contributed by atoms with Crippen molar-refractivity contribution in [2.24, 2.45) is 0 Å². The molecule has 2 aromatic rings. The number of benzene rings is 2. The second kappa shape index (κ2) is 6.40. The molecule has 2 heteroatoms. The minimum Gasteiger partial charge on any atom is -0.0843 e.